The van der Waals surface area contributed by atoms with Gasteiger partial charge in [0.15, 0.2) is 5.65 Å². The minimum absolute atomic E-state index is 0.0163. The van der Waals surface area contributed by atoms with E-state index in [1.807, 2.05) is 62.0 Å². The number of hydrogen-bond acceptors (Lipinski definition) is 3. The van der Waals surface area contributed by atoms with Crippen LogP contribution in [-0.4, -0.2) is 32.6 Å². The minimum atomic E-state index is -0.0184. The van der Waals surface area contributed by atoms with Gasteiger partial charge in [0.05, 0.1) is 23.2 Å². The van der Waals surface area contributed by atoms with Crippen LogP contribution in [0.3, 0.4) is 0 Å². The number of rotatable bonds is 4. The van der Waals surface area contributed by atoms with E-state index < -0.39 is 0 Å². The lowest BCUT2D eigenvalue weighted by Crippen LogP contribution is -2.30. The molecule has 25 heavy (non-hydrogen) atoms. The van der Waals surface area contributed by atoms with Crippen LogP contribution in [0.2, 0.25) is 0 Å². The molecule has 0 aliphatic rings. The van der Waals surface area contributed by atoms with Gasteiger partial charge in [-0.2, -0.15) is 5.10 Å². The summed E-state index contributed by atoms with van der Waals surface area (Å²) in [5, 5.41) is 5.23. The van der Waals surface area contributed by atoms with Gasteiger partial charge in [0.25, 0.3) is 5.91 Å². The standard InChI is InChI=1S/C20H24N4O/c1-13(2)24-19-18(12-21-24)17(11-14(3)22-19)20(25)23(5)15(4)16-9-7-6-8-10-16/h6-13,15H,1-5H3. The molecule has 0 aliphatic heterocycles. The van der Waals surface area contributed by atoms with Crippen LogP contribution in [0.25, 0.3) is 11.0 Å². The highest BCUT2D eigenvalue weighted by Crippen LogP contribution is 2.25. The monoisotopic (exact) mass is 336 g/mol. The number of hydrogen-bond donors (Lipinski definition) is 0. The maximum Gasteiger partial charge on any atom is 0.254 e. The summed E-state index contributed by atoms with van der Waals surface area (Å²) in [5.41, 5.74) is 3.34. The molecule has 3 rings (SSSR count). The van der Waals surface area contributed by atoms with Crippen molar-refractivity contribution >= 4 is 16.9 Å². The maximum atomic E-state index is 13.2. The van der Waals surface area contributed by atoms with E-state index in [0.29, 0.717) is 5.56 Å². The topological polar surface area (TPSA) is 51.0 Å². The Morgan fingerprint density at radius 3 is 2.48 bits per heavy atom. The minimum Gasteiger partial charge on any atom is -0.335 e. The summed E-state index contributed by atoms with van der Waals surface area (Å²) in [4.78, 5) is 19.5. The molecule has 5 heteroatoms. The van der Waals surface area contributed by atoms with Gasteiger partial charge in [-0.1, -0.05) is 30.3 Å². The highest BCUT2D eigenvalue weighted by atomic mass is 16.2. The van der Waals surface area contributed by atoms with Crippen molar-refractivity contribution in [1.29, 1.82) is 0 Å². The molecule has 0 radical (unpaired) electrons. The number of amides is 1. The molecule has 0 bridgehead atoms. The molecule has 3 aromatic rings. The van der Waals surface area contributed by atoms with Crippen LogP contribution in [-0.2, 0) is 0 Å². The smallest absolute Gasteiger partial charge is 0.254 e. The van der Waals surface area contributed by atoms with E-state index in [1.165, 1.54) is 0 Å². The number of nitrogens with zero attached hydrogens (tertiary/aromatic N) is 4. The number of fused-ring (bicyclic) bond motifs is 1. The molecule has 2 aromatic heterocycles. The number of carbonyl (C=O) groups excluding carboxylic acids is 1. The SMILES string of the molecule is Cc1cc(C(=O)N(C)C(C)c2ccccc2)c2cnn(C(C)C)c2n1. The average Bonchev–Trinajstić information content (AvgIpc) is 3.03. The van der Waals surface area contributed by atoms with E-state index in [4.69, 9.17) is 0 Å². The van der Waals surface area contributed by atoms with Gasteiger partial charge in [-0.15, -0.1) is 0 Å². The average molecular weight is 336 g/mol. The van der Waals surface area contributed by atoms with Crippen molar-refractivity contribution in [1.82, 2.24) is 19.7 Å². The maximum absolute atomic E-state index is 13.2. The number of aromatic nitrogens is 3. The highest BCUT2D eigenvalue weighted by Gasteiger charge is 2.23. The second-order valence-electron chi connectivity index (χ2n) is 6.73. The first-order valence-electron chi connectivity index (χ1n) is 8.57. The van der Waals surface area contributed by atoms with Gasteiger partial charge in [0.1, 0.15) is 0 Å². The third-order valence-corrected chi connectivity index (χ3v) is 4.60. The van der Waals surface area contributed by atoms with Crippen molar-refractivity contribution in [3.8, 4) is 0 Å². The van der Waals surface area contributed by atoms with E-state index in [9.17, 15) is 4.79 Å². The molecule has 5 nitrogen and oxygen atoms in total. The first-order valence-corrected chi connectivity index (χ1v) is 8.57. The quantitative estimate of drug-likeness (QED) is 0.719. The van der Waals surface area contributed by atoms with Crippen LogP contribution in [0.15, 0.2) is 42.6 Å². The Hall–Kier alpha value is -2.69. The molecule has 1 aromatic carbocycles. The van der Waals surface area contributed by atoms with E-state index in [-0.39, 0.29) is 18.0 Å². The lowest BCUT2D eigenvalue weighted by Gasteiger charge is -2.25. The van der Waals surface area contributed by atoms with Gasteiger partial charge in [0.2, 0.25) is 0 Å². The zero-order valence-electron chi connectivity index (χ0n) is 15.4. The highest BCUT2D eigenvalue weighted by molar-refractivity contribution is 6.05. The number of aryl methyl sites for hydroxylation is 1. The lowest BCUT2D eigenvalue weighted by atomic mass is 10.1. The molecule has 0 saturated heterocycles. The second-order valence-corrected chi connectivity index (χ2v) is 6.73. The molecule has 0 fully saturated rings. The Balaban J connectivity index is 2.02. The second kappa shape index (κ2) is 6.67. The van der Waals surface area contributed by atoms with Gasteiger partial charge in [0, 0.05) is 18.8 Å². The van der Waals surface area contributed by atoms with Gasteiger partial charge < -0.3 is 4.90 Å². The summed E-state index contributed by atoms with van der Waals surface area (Å²) in [6, 6.07) is 12.1. The Labute approximate surface area is 148 Å². The predicted molar refractivity (Wildman–Crippen MR) is 99.6 cm³/mol. The summed E-state index contributed by atoms with van der Waals surface area (Å²) in [5.74, 6) is -0.0184. The van der Waals surface area contributed by atoms with Crippen molar-refractivity contribution in [3.05, 3.63) is 59.4 Å². The fraction of sp³-hybridized carbons (Fsp3) is 0.350. The van der Waals surface area contributed by atoms with Crippen LogP contribution < -0.4 is 0 Å². The Morgan fingerprint density at radius 2 is 1.84 bits per heavy atom. The van der Waals surface area contributed by atoms with E-state index in [2.05, 4.69) is 23.9 Å². The zero-order valence-corrected chi connectivity index (χ0v) is 15.4. The summed E-state index contributed by atoms with van der Waals surface area (Å²) >= 11 is 0. The van der Waals surface area contributed by atoms with Crippen LogP contribution in [0, 0.1) is 6.92 Å². The zero-order chi connectivity index (χ0) is 18.1. The van der Waals surface area contributed by atoms with Crippen molar-refractivity contribution < 1.29 is 4.79 Å². The molecule has 0 aliphatic carbocycles. The van der Waals surface area contributed by atoms with E-state index in [1.54, 1.807) is 11.1 Å². The van der Waals surface area contributed by atoms with Crippen LogP contribution in [0.5, 0.6) is 0 Å². The largest absolute Gasteiger partial charge is 0.335 e. The van der Waals surface area contributed by atoms with Gasteiger partial charge in [-0.05, 0) is 39.3 Å². The Morgan fingerprint density at radius 1 is 1.16 bits per heavy atom. The predicted octanol–water partition coefficient (Wildman–Crippen LogP) is 4.15. The third-order valence-electron chi connectivity index (χ3n) is 4.60. The molecular weight excluding hydrogens is 312 g/mol. The van der Waals surface area contributed by atoms with Crippen molar-refractivity contribution in [2.45, 2.75) is 39.8 Å². The summed E-state index contributed by atoms with van der Waals surface area (Å²) in [7, 11) is 1.84. The molecule has 0 N–H and O–H groups in total. The van der Waals surface area contributed by atoms with Gasteiger partial charge in [-0.3, -0.25) is 4.79 Å². The molecule has 0 saturated carbocycles. The van der Waals surface area contributed by atoms with E-state index >= 15 is 0 Å². The fourth-order valence-electron chi connectivity index (χ4n) is 3.02. The van der Waals surface area contributed by atoms with Crippen molar-refractivity contribution in [3.63, 3.8) is 0 Å². The number of benzene rings is 1. The fourth-order valence-corrected chi connectivity index (χ4v) is 3.02. The molecule has 1 amide bonds. The van der Waals surface area contributed by atoms with Crippen molar-refractivity contribution in [2.24, 2.45) is 0 Å². The van der Waals surface area contributed by atoms with Crippen LogP contribution >= 0.6 is 0 Å². The normalized spacial score (nSPS) is 12.6. The third kappa shape index (κ3) is 3.14. The summed E-state index contributed by atoms with van der Waals surface area (Å²) < 4.78 is 1.86. The number of carbonyl (C=O) groups is 1. The van der Waals surface area contributed by atoms with Gasteiger partial charge in [-0.25, -0.2) is 9.67 Å². The summed E-state index contributed by atoms with van der Waals surface area (Å²) in [6.07, 6.45) is 1.75. The molecule has 1 unspecified atom stereocenters. The first kappa shape index (κ1) is 17.1. The lowest BCUT2D eigenvalue weighted by molar-refractivity contribution is 0.0744. The van der Waals surface area contributed by atoms with E-state index in [0.717, 1.165) is 22.3 Å². The van der Waals surface area contributed by atoms with Crippen LogP contribution in [0.1, 0.15) is 54.5 Å². The Bertz CT molecular complexity index is 899. The van der Waals surface area contributed by atoms with Gasteiger partial charge >= 0.3 is 0 Å². The Kier molecular flexibility index (Phi) is 4.57. The molecule has 1 atom stereocenters. The molecular formula is C20H24N4O. The molecule has 0 spiro atoms. The summed E-state index contributed by atoms with van der Waals surface area (Å²) in [6.45, 7) is 8.06. The number of pyridine rings is 1. The van der Waals surface area contributed by atoms with Crippen LogP contribution in [0.4, 0.5) is 0 Å². The molecule has 130 valence electrons. The van der Waals surface area contributed by atoms with Crippen molar-refractivity contribution in [2.75, 3.05) is 7.05 Å². The first-order chi connectivity index (χ1) is 11.9. The molecule has 2 heterocycles.